The molecule has 0 unspecified atom stereocenters. The molecule has 104 valence electrons. The molecule has 0 radical (unpaired) electrons. The Bertz CT molecular complexity index is 659. The molecule has 0 aliphatic heterocycles. The minimum atomic E-state index is -1.32. The topological polar surface area (TPSA) is 46.5 Å². The van der Waals surface area contributed by atoms with Gasteiger partial charge in [0, 0.05) is 10.6 Å². The quantitative estimate of drug-likeness (QED) is 0.931. The summed E-state index contributed by atoms with van der Waals surface area (Å²) in [6, 6.07) is 7.15. The molecule has 0 aliphatic rings. The molecule has 0 aliphatic carbocycles. The van der Waals surface area contributed by atoms with E-state index in [1.165, 1.54) is 18.2 Å². The number of benzene rings is 2. The maximum atomic E-state index is 13.5. The van der Waals surface area contributed by atoms with Crippen LogP contribution in [-0.4, -0.2) is 11.1 Å². The van der Waals surface area contributed by atoms with Gasteiger partial charge < -0.3 is 9.84 Å². The van der Waals surface area contributed by atoms with Crippen molar-refractivity contribution < 1.29 is 23.4 Å². The summed E-state index contributed by atoms with van der Waals surface area (Å²) >= 11 is 5.62. The standard InChI is InChI=1S/C14H9ClF2O3/c15-9-2-1-8(12(17)5-9)7-20-13-4-3-10(16)6-11(13)14(18)19/h1-6H,7H2,(H,18,19). The Labute approximate surface area is 118 Å². The maximum Gasteiger partial charge on any atom is 0.339 e. The number of aromatic carboxylic acids is 1. The summed E-state index contributed by atoms with van der Waals surface area (Å²) in [4.78, 5) is 11.0. The van der Waals surface area contributed by atoms with Gasteiger partial charge in [-0.25, -0.2) is 13.6 Å². The molecule has 0 bridgehead atoms. The lowest BCUT2D eigenvalue weighted by atomic mass is 10.2. The van der Waals surface area contributed by atoms with Crippen molar-refractivity contribution in [2.24, 2.45) is 0 Å². The fraction of sp³-hybridized carbons (Fsp3) is 0.0714. The van der Waals surface area contributed by atoms with Gasteiger partial charge in [-0.15, -0.1) is 0 Å². The van der Waals surface area contributed by atoms with Crippen molar-refractivity contribution in [2.45, 2.75) is 6.61 Å². The van der Waals surface area contributed by atoms with Gasteiger partial charge in [-0.2, -0.15) is 0 Å². The molecule has 2 rings (SSSR count). The molecule has 3 nitrogen and oxygen atoms in total. The van der Waals surface area contributed by atoms with Crippen LogP contribution >= 0.6 is 11.6 Å². The zero-order valence-corrected chi connectivity index (χ0v) is 10.8. The first-order chi connectivity index (χ1) is 9.47. The third kappa shape index (κ3) is 3.24. The highest BCUT2D eigenvalue weighted by atomic mass is 35.5. The van der Waals surface area contributed by atoms with E-state index in [1.54, 1.807) is 0 Å². The Morgan fingerprint density at radius 1 is 1.20 bits per heavy atom. The Balaban J connectivity index is 2.20. The van der Waals surface area contributed by atoms with E-state index < -0.39 is 17.6 Å². The van der Waals surface area contributed by atoms with E-state index >= 15 is 0 Å². The van der Waals surface area contributed by atoms with Crippen molar-refractivity contribution >= 4 is 17.6 Å². The van der Waals surface area contributed by atoms with Crippen molar-refractivity contribution in [3.05, 3.63) is 64.2 Å². The number of halogens is 3. The molecule has 20 heavy (non-hydrogen) atoms. The Hall–Kier alpha value is -2.14. The number of carboxylic acid groups (broad SMARTS) is 1. The molecular formula is C14H9ClF2O3. The molecule has 0 saturated heterocycles. The molecule has 0 spiro atoms. The smallest absolute Gasteiger partial charge is 0.339 e. The minimum absolute atomic E-state index is 0.0340. The zero-order chi connectivity index (χ0) is 14.7. The first-order valence-electron chi connectivity index (χ1n) is 5.57. The lowest BCUT2D eigenvalue weighted by molar-refractivity contribution is 0.0691. The lowest BCUT2D eigenvalue weighted by Crippen LogP contribution is -2.05. The monoisotopic (exact) mass is 298 g/mol. The van der Waals surface area contributed by atoms with Gasteiger partial charge in [-0.3, -0.25) is 0 Å². The van der Waals surface area contributed by atoms with Gasteiger partial charge in [0.2, 0.25) is 0 Å². The molecule has 6 heteroatoms. The molecule has 0 saturated carbocycles. The summed E-state index contributed by atoms with van der Waals surface area (Å²) in [6.07, 6.45) is 0. The van der Waals surface area contributed by atoms with E-state index in [9.17, 15) is 13.6 Å². The van der Waals surface area contributed by atoms with E-state index in [1.807, 2.05) is 0 Å². The lowest BCUT2D eigenvalue weighted by Gasteiger charge is -2.10. The normalized spacial score (nSPS) is 10.3. The number of carbonyl (C=O) groups is 1. The van der Waals surface area contributed by atoms with Crippen LogP contribution in [0, 0.1) is 11.6 Å². The molecular weight excluding hydrogens is 290 g/mol. The van der Waals surface area contributed by atoms with Gasteiger partial charge in [-0.1, -0.05) is 17.7 Å². The Kier molecular flexibility index (Phi) is 4.20. The molecule has 1 N–H and O–H groups in total. The average molecular weight is 299 g/mol. The van der Waals surface area contributed by atoms with Crippen LogP contribution < -0.4 is 4.74 Å². The SMILES string of the molecule is O=C(O)c1cc(F)ccc1OCc1ccc(Cl)cc1F. The van der Waals surface area contributed by atoms with Crippen LogP contribution in [0.15, 0.2) is 36.4 Å². The van der Waals surface area contributed by atoms with E-state index in [0.717, 1.165) is 18.2 Å². The molecule has 0 fully saturated rings. The van der Waals surface area contributed by atoms with Crippen LogP contribution in [0.25, 0.3) is 0 Å². The average Bonchev–Trinajstić information content (AvgIpc) is 2.38. The van der Waals surface area contributed by atoms with Gasteiger partial charge in [0.1, 0.15) is 29.6 Å². The Morgan fingerprint density at radius 3 is 2.60 bits per heavy atom. The molecule has 2 aromatic rings. The second-order valence-electron chi connectivity index (χ2n) is 3.97. The van der Waals surface area contributed by atoms with Crippen molar-refractivity contribution in [3.63, 3.8) is 0 Å². The first kappa shape index (κ1) is 14.3. The number of hydrogen-bond acceptors (Lipinski definition) is 2. The molecule has 0 aromatic heterocycles. The van der Waals surface area contributed by atoms with Crippen molar-refractivity contribution in [1.29, 1.82) is 0 Å². The van der Waals surface area contributed by atoms with Crippen LogP contribution in [0.1, 0.15) is 15.9 Å². The highest BCUT2D eigenvalue weighted by molar-refractivity contribution is 6.30. The Morgan fingerprint density at radius 2 is 1.95 bits per heavy atom. The molecule has 0 atom stereocenters. The van der Waals surface area contributed by atoms with Gasteiger partial charge in [0.05, 0.1) is 0 Å². The fourth-order valence-corrected chi connectivity index (χ4v) is 1.75. The van der Waals surface area contributed by atoms with Gasteiger partial charge >= 0.3 is 5.97 Å². The van der Waals surface area contributed by atoms with E-state index in [2.05, 4.69) is 0 Å². The van der Waals surface area contributed by atoms with Crippen LogP contribution in [0.5, 0.6) is 5.75 Å². The second-order valence-corrected chi connectivity index (χ2v) is 4.41. The fourth-order valence-electron chi connectivity index (χ4n) is 1.59. The van der Waals surface area contributed by atoms with Gasteiger partial charge in [0.15, 0.2) is 0 Å². The van der Waals surface area contributed by atoms with Crippen molar-refractivity contribution in [2.75, 3.05) is 0 Å². The van der Waals surface area contributed by atoms with Gasteiger partial charge in [-0.05, 0) is 30.3 Å². The molecule has 0 heterocycles. The number of carboxylic acids is 1. The van der Waals surface area contributed by atoms with E-state index in [4.69, 9.17) is 21.4 Å². The minimum Gasteiger partial charge on any atom is -0.488 e. The highest BCUT2D eigenvalue weighted by Crippen LogP contribution is 2.22. The van der Waals surface area contributed by atoms with E-state index in [-0.39, 0.29) is 28.5 Å². The van der Waals surface area contributed by atoms with Crippen LogP contribution in [0.4, 0.5) is 8.78 Å². The zero-order valence-electron chi connectivity index (χ0n) is 10.1. The third-order valence-electron chi connectivity index (χ3n) is 2.57. The van der Waals surface area contributed by atoms with Crippen LogP contribution in [0.2, 0.25) is 5.02 Å². The van der Waals surface area contributed by atoms with Crippen LogP contribution in [-0.2, 0) is 6.61 Å². The summed E-state index contributed by atoms with van der Waals surface area (Å²) in [6.45, 7) is -0.186. The predicted molar refractivity (Wildman–Crippen MR) is 69.1 cm³/mol. The number of rotatable bonds is 4. The van der Waals surface area contributed by atoms with Crippen molar-refractivity contribution in [3.8, 4) is 5.75 Å². The summed E-state index contributed by atoms with van der Waals surface area (Å²) in [5, 5.41) is 9.19. The summed E-state index contributed by atoms with van der Waals surface area (Å²) < 4.78 is 31.8. The third-order valence-corrected chi connectivity index (χ3v) is 2.81. The van der Waals surface area contributed by atoms with E-state index in [0.29, 0.717) is 0 Å². The van der Waals surface area contributed by atoms with Crippen LogP contribution in [0.3, 0.4) is 0 Å². The largest absolute Gasteiger partial charge is 0.488 e. The molecule has 0 amide bonds. The number of ether oxygens (including phenoxy) is 1. The molecule has 2 aromatic carbocycles. The number of hydrogen-bond donors (Lipinski definition) is 1. The maximum absolute atomic E-state index is 13.5. The highest BCUT2D eigenvalue weighted by Gasteiger charge is 2.13. The second kappa shape index (κ2) is 5.88. The predicted octanol–water partition coefficient (Wildman–Crippen LogP) is 3.90. The summed E-state index contributed by atoms with van der Waals surface area (Å²) in [7, 11) is 0. The first-order valence-corrected chi connectivity index (χ1v) is 5.95. The summed E-state index contributed by atoms with van der Waals surface area (Å²) in [5.41, 5.74) is -0.102. The summed E-state index contributed by atoms with van der Waals surface area (Å²) in [5.74, 6) is -2.60. The van der Waals surface area contributed by atoms with Gasteiger partial charge in [0.25, 0.3) is 0 Å². The van der Waals surface area contributed by atoms with Crippen molar-refractivity contribution in [1.82, 2.24) is 0 Å².